The van der Waals surface area contributed by atoms with Crippen molar-refractivity contribution in [1.29, 1.82) is 0 Å². The van der Waals surface area contributed by atoms with E-state index in [1.807, 2.05) is 58.9 Å². The van der Waals surface area contributed by atoms with Crippen molar-refractivity contribution in [1.82, 2.24) is 14.9 Å². The quantitative estimate of drug-likeness (QED) is 0.216. The Morgan fingerprint density at radius 2 is 1.60 bits per heavy atom. The molecule has 0 saturated heterocycles. The third-order valence-electron chi connectivity index (χ3n) is 7.62. The van der Waals surface area contributed by atoms with Crippen LogP contribution in [0.3, 0.4) is 0 Å². The van der Waals surface area contributed by atoms with Crippen LogP contribution in [0.2, 0.25) is 0 Å². The maximum absolute atomic E-state index is 14.1. The topological polar surface area (TPSA) is 155 Å². The van der Waals surface area contributed by atoms with Crippen LogP contribution < -0.4 is 11.5 Å². The first-order chi connectivity index (χ1) is 19.8. The lowest BCUT2D eigenvalue weighted by Gasteiger charge is -2.31. The molecule has 9 nitrogen and oxygen atoms in total. The summed E-state index contributed by atoms with van der Waals surface area (Å²) < 4.78 is 0. The highest BCUT2D eigenvalue weighted by atomic mass is 16.4. The first-order valence-electron chi connectivity index (χ1n) is 13.8. The molecule has 1 aromatic heterocycles. The second kappa shape index (κ2) is 12.4. The summed E-state index contributed by atoms with van der Waals surface area (Å²) in [6, 6.07) is 16.6. The number of nitrogens with zero attached hydrogens (tertiary/aromatic N) is 2. The highest BCUT2D eigenvalue weighted by Crippen LogP contribution is 2.28. The van der Waals surface area contributed by atoms with Gasteiger partial charge in [0.2, 0.25) is 11.8 Å². The Morgan fingerprint density at radius 3 is 2.19 bits per heavy atom. The molecule has 0 aliphatic rings. The number of imidazole rings is 1. The molecule has 0 saturated carbocycles. The summed E-state index contributed by atoms with van der Waals surface area (Å²) in [5, 5.41) is 9.51. The van der Waals surface area contributed by atoms with Crippen molar-refractivity contribution in [2.75, 3.05) is 0 Å². The number of aromatic carboxylic acids is 1. The van der Waals surface area contributed by atoms with E-state index in [0.29, 0.717) is 17.0 Å². The SMILES string of the molecule is Cc1ccc(-c2nc([C@H](C)N(Cc3cccc(C(=O)O)c3)C(=O)[C@@H](N)Cc3c(C)cc(C(N)=O)cc3C)[nH]c2C)cc1. The summed E-state index contributed by atoms with van der Waals surface area (Å²) in [4.78, 5) is 47.2. The van der Waals surface area contributed by atoms with Gasteiger partial charge in [0.05, 0.1) is 23.3 Å². The lowest BCUT2D eigenvalue weighted by molar-refractivity contribution is -0.135. The summed E-state index contributed by atoms with van der Waals surface area (Å²) >= 11 is 0. The fourth-order valence-electron chi connectivity index (χ4n) is 5.20. The summed E-state index contributed by atoms with van der Waals surface area (Å²) in [6.07, 6.45) is 0.250. The van der Waals surface area contributed by atoms with Gasteiger partial charge in [-0.2, -0.15) is 0 Å². The highest BCUT2D eigenvalue weighted by Gasteiger charge is 2.30. The summed E-state index contributed by atoms with van der Waals surface area (Å²) in [6.45, 7) is 9.70. The van der Waals surface area contributed by atoms with E-state index in [1.54, 1.807) is 35.2 Å². The molecule has 218 valence electrons. The van der Waals surface area contributed by atoms with Crippen LogP contribution in [0.1, 0.15) is 73.0 Å². The molecular formula is C33H37N5O4. The number of carboxylic acid groups (broad SMARTS) is 1. The van der Waals surface area contributed by atoms with Crippen LogP contribution in [0, 0.1) is 27.7 Å². The molecule has 4 rings (SSSR count). The fourth-order valence-corrected chi connectivity index (χ4v) is 5.20. The third-order valence-corrected chi connectivity index (χ3v) is 7.62. The normalized spacial score (nSPS) is 12.5. The second-order valence-electron chi connectivity index (χ2n) is 10.9. The monoisotopic (exact) mass is 567 g/mol. The van der Waals surface area contributed by atoms with Crippen molar-refractivity contribution in [3.8, 4) is 11.3 Å². The molecule has 9 heteroatoms. The Labute approximate surface area is 245 Å². The number of benzene rings is 3. The highest BCUT2D eigenvalue weighted by molar-refractivity contribution is 5.93. The standard InChI is InChI=1S/C33H37N5O4/c1-18-9-11-24(12-10-18)29-21(4)36-31(37-29)22(5)38(17-23-7-6-8-25(15-23)33(41)42)32(40)28(34)16-27-19(2)13-26(30(35)39)14-20(27)3/h6-15,22,28H,16-17,34H2,1-5H3,(H2,35,39)(H,36,37)(H,41,42)/t22-,28-/m0/s1. The molecule has 0 radical (unpaired) electrons. The van der Waals surface area contributed by atoms with Gasteiger partial charge in [0.25, 0.3) is 0 Å². The zero-order valence-electron chi connectivity index (χ0n) is 24.6. The molecule has 0 aliphatic heterocycles. The lowest BCUT2D eigenvalue weighted by atomic mass is 9.93. The minimum atomic E-state index is -1.05. The smallest absolute Gasteiger partial charge is 0.335 e. The molecule has 0 unspecified atom stereocenters. The maximum Gasteiger partial charge on any atom is 0.335 e. The number of nitrogens with one attached hydrogen (secondary N) is 1. The molecule has 2 amide bonds. The predicted octanol–water partition coefficient (Wildman–Crippen LogP) is 4.77. The van der Waals surface area contributed by atoms with Crippen LogP contribution in [0.25, 0.3) is 11.3 Å². The average molecular weight is 568 g/mol. The number of amides is 2. The Morgan fingerprint density at radius 1 is 0.952 bits per heavy atom. The molecule has 42 heavy (non-hydrogen) atoms. The number of carbonyl (C=O) groups is 3. The number of carbonyl (C=O) groups excluding carboxylic acids is 2. The molecule has 0 bridgehead atoms. The number of aryl methyl sites for hydroxylation is 4. The third kappa shape index (κ3) is 6.58. The van der Waals surface area contributed by atoms with Crippen LogP contribution in [0.4, 0.5) is 0 Å². The number of aromatic nitrogens is 2. The molecule has 6 N–H and O–H groups in total. The second-order valence-corrected chi connectivity index (χ2v) is 10.9. The first-order valence-corrected chi connectivity index (χ1v) is 13.8. The van der Waals surface area contributed by atoms with Crippen molar-refractivity contribution >= 4 is 17.8 Å². The van der Waals surface area contributed by atoms with Crippen LogP contribution in [0.15, 0.2) is 60.7 Å². The van der Waals surface area contributed by atoms with Gasteiger partial charge in [-0.05, 0) is 87.6 Å². The van der Waals surface area contributed by atoms with Gasteiger partial charge >= 0.3 is 5.97 Å². The van der Waals surface area contributed by atoms with Gasteiger partial charge in [-0.3, -0.25) is 9.59 Å². The van der Waals surface area contributed by atoms with Gasteiger partial charge in [0.1, 0.15) is 5.82 Å². The average Bonchev–Trinajstić information content (AvgIpc) is 3.34. The van der Waals surface area contributed by atoms with E-state index in [1.165, 1.54) is 6.07 Å². The Hall–Kier alpha value is -4.76. The van der Waals surface area contributed by atoms with Crippen LogP contribution in [-0.4, -0.2) is 43.8 Å². The fraction of sp³-hybridized carbons (Fsp3) is 0.273. The van der Waals surface area contributed by atoms with E-state index in [-0.39, 0.29) is 24.4 Å². The van der Waals surface area contributed by atoms with E-state index in [9.17, 15) is 19.5 Å². The van der Waals surface area contributed by atoms with Crippen molar-refractivity contribution in [2.24, 2.45) is 11.5 Å². The van der Waals surface area contributed by atoms with Crippen LogP contribution in [-0.2, 0) is 17.8 Å². The van der Waals surface area contributed by atoms with E-state index in [2.05, 4.69) is 4.98 Å². The van der Waals surface area contributed by atoms with Crippen molar-refractivity contribution in [3.63, 3.8) is 0 Å². The Bertz CT molecular complexity index is 1620. The summed E-state index contributed by atoms with van der Waals surface area (Å²) in [7, 11) is 0. The number of rotatable bonds is 10. The largest absolute Gasteiger partial charge is 0.478 e. The number of H-pyrrole nitrogens is 1. The van der Waals surface area contributed by atoms with Crippen molar-refractivity contribution < 1.29 is 19.5 Å². The van der Waals surface area contributed by atoms with Crippen LogP contribution in [0.5, 0.6) is 0 Å². The van der Waals surface area contributed by atoms with Gasteiger partial charge in [0, 0.05) is 23.4 Å². The molecule has 1 heterocycles. The molecule has 2 atom stereocenters. The van der Waals surface area contributed by atoms with Gasteiger partial charge < -0.3 is 26.5 Å². The summed E-state index contributed by atoms with van der Waals surface area (Å²) in [5.74, 6) is -1.28. The number of hydrogen-bond acceptors (Lipinski definition) is 5. The Balaban J connectivity index is 1.69. The van der Waals surface area contributed by atoms with E-state index in [4.69, 9.17) is 16.5 Å². The van der Waals surface area contributed by atoms with Crippen molar-refractivity contribution in [3.05, 3.63) is 111 Å². The maximum atomic E-state index is 14.1. The minimum Gasteiger partial charge on any atom is -0.478 e. The number of nitrogens with two attached hydrogens (primary N) is 2. The van der Waals surface area contributed by atoms with E-state index in [0.717, 1.165) is 39.2 Å². The first kappa shape index (κ1) is 30.2. The number of aromatic amines is 1. The molecule has 4 aromatic rings. The Kier molecular flexibility index (Phi) is 8.92. The van der Waals surface area contributed by atoms with Gasteiger partial charge in [-0.25, -0.2) is 9.78 Å². The zero-order chi connectivity index (χ0) is 30.7. The molecular weight excluding hydrogens is 530 g/mol. The van der Waals surface area contributed by atoms with Crippen LogP contribution >= 0.6 is 0 Å². The number of carboxylic acids is 1. The van der Waals surface area contributed by atoms with Gasteiger partial charge in [-0.15, -0.1) is 0 Å². The molecule has 0 aliphatic carbocycles. The molecule has 0 fully saturated rings. The number of primary amides is 1. The number of hydrogen-bond donors (Lipinski definition) is 4. The lowest BCUT2D eigenvalue weighted by Crippen LogP contribution is -2.46. The van der Waals surface area contributed by atoms with E-state index >= 15 is 0 Å². The molecule has 3 aromatic carbocycles. The minimum absolute atomic E-state index is 0.132. The zero-order valence-corrected chi connectivity index (χ0v) is 24.6. The predicted molar refractivity (Wildman–Crippen MR) is 162 cm³/mol. The summed E-state index contributed by atoms with van der Waals surface area (Å²) in [5.41, 5.74) is 19.5. The van der Waals surface area contributed by atoms with Gasteiger partial charge in [0.15, 0.2) is 0 Å². The molecule has 0 spiro atoms. The van der Waals surface area contributed by atoms with E-state index < -0.39 is 24.0 Å². The van der Waals surface area contributed by atoms with Gasteiger partial charge in [-0.1, -0.05) is 42.0 Å². The van der Waals surface area contributed by atoms with Crippen molar-refractivity contribution in [2.45, 2.75) is 59.7 Å².